The Morgan fingerprint density at radius 3 is 2.76 bits per heavy atom. The third-order valence-corrected chi connectivity index (χ3v) is 4.94. The summed E-state index contributed by atoms with van der Waals surface area (Å²) in [4.78, 5) is 30.8. The van der Waals surface area contributed by atoms with E-state index in [-0.39, 0.29) is 18.1 Å². The van der Waals surface area contributed by atoms with Crippen LogP contribution in [0.25, 0.3) is 0 Å². The van der Waals surface area contributed by atoms with Gasteiger partial charge in [0.05, 0.1) is 6.61 Å². The van der Waals surface area contributed by atoms with Crippen LogP contribution in [0.1, 0.15) is 66.6 Å². The summed E-state index contributed by atoms with van der Waals surface area (Å²) < 4.78 is 5.01. The average molecular weight is 310 g/mol. The highest BCUT2D eigenvalue weighted by Crippen LogP contribution is 2.32. The SMILES string of the molecule is CCOC(=O)c1nc(N2CCCCC2CC)sc1C(C)=O. The normalized spacial score (nSPS) is 18.6. The number of anilines is 1. The van der Waals surface area contributed by atoms with Crippen LogP contribution in [0.3, 0.4) is 0 Å². The monoisotopic (exact) mass is 310 g/mol. The zero-order chi connectivity index (χ0) is 15.4. The van der Waals surface area contributed by atoms with Gasteiger partial charge in [-0.1, -0.05) is 18.3 Å². The quantitative estimate of drug-likeness (QED) is 0.617. The molecule has 1 unspecified atom stereocenters. The molecule has 1 fully saturated rings. The van der Waals surface area contributed by atoms with Crippen molar-refractivity contribution < 1.29 is 14.3 Å². The number of hydrogen-bond acceptors (Lipinski definition) is 6. The summed E-state index contributed by atoms with van der Waals surface area (Å²) in [5.74, 6) is -0.637. The van der Waals surface area contributed by atoms with E-state index in [9.17, 15) is 9.59 Å². The zero-order valence-corrected chi connectivity index (χ0v) is 13.7. The first-order chi connectivity index (χ1) is 10.1. The van der Waals surface area contributed by atoms with Crippen molar-refractivity contribution in [1.82, 2.24) is 4.98 Å². The fraction of sp³-hybridized carbons (Fsp3) is 0.667. The van der Waals surface area contributed by atoms with Crippen LogP contribution in [-0.2, 0) is 4.74 Å². The molecule has 1 aliphatic heterocycles. The minimum Gasteiger partial charge on any atom is -0.461 e. The summed E-state index contributed by atoms with van der Waals surface area (Å²) in [5.41, 5.74) is 0.171. The number of Topliss-reactive ketones (excluding diaryl/α,β-unsaturated/α-hetero) is 1. The molecule has 21 heavy (non-hydrogen) atoms. The van der Waals surface area contributed by atoms with Crippen LogP contribution in [0.4, 0.5) is 5.13 Å². The van der Waals surface area contributed by atoms with Gasteiger partial charge in [-0.3, -0.25) is 4.79 Å². The number of nitrogens with zero attached hydrogens (tertiary/aromatic N) is 2. The smallest absolute Gasteiger partial charge is 0.358 e. The van der Waals surface area contributed by atoms with Gasteiger partial charge in [0, 0.05) is 19.5 Å². The van der Waals surface area contributed by atoms with Crippen molar-refractivity contribution in [3.63, 3.8) is 0 Å². The molecule has 0 aliphatic carbocycles. The van der Waals surface area contributed by atoms with E-state index in [1.54, 1.807) is 6.92 Å². The maximum absolute atomic E-state index is 12.0. The lowest BCUT2D eigenvalue weighted by molar-refractivity contribution is 0.0517. The Morgan fingerprint density at radius 2 is 2.14 bits per heavy atom. The topological polar surface area (TPSA) is 59.5 Å². The van der Waals surface area contributed by atoms with Gasteiger partial charge < -0.3 is 9.64 Å². The number of piperidine rings is 1. The highest BCUT2D eigenvalue weighted by atomic mass is 32.1. The van der Waals surface area contributed by atoms with Gasteiger partial charge in [-0.25, -0.2) is 9.78 Å². The summed E-state index contributed by atoms with van der Waals surface area (Å²) in [6.45, 7) is 6.59. The number of carbonyl (C=O) groups excluding carboxylic acids is 2. The highest BCUT2D eigenvalue weighted by molar-refractivity contribution is 7.17. The molecule has 5 nitrogen and oxygen atoms in total. The molecule has 0 bridgehead atoms. The summed E-state index contributed by atoms with van der Waals surface area (Å²) in [7, 11) is 0. The van der Waals surface area contributed by atoms with Gasteiger partial charge in [-0.05, 0) is 32.6 Å². The Balaban J connectivity index is 2.34. The summed E-state index contributed by atoms with van der Waals surface area (Å²) in [6, 6.07) is 0.444. The first-order valence-electron chi connectivity index (χ1n) is 7.54. The van der Waals surface area contributed by atoms with Gasteiger partial charge >= 0.3 is 5.97 Å². The van der Waals surface area contributed by atoms with Crippen LogP contribution in [0.2, 0.25) is 0 Å². The lowest BCUT2D eigenvalue weighted by Gasteiger charge is -2.34. The first-order valence-corrected chi connectivity index (χ1v) is 8.35. The number of aromatic nitrogens is 1. The maximum atomic E-state index is 12.0. The molecule has 1 aromatic rings. The number of hydrogen-bond donors (Lipinski definition) is 0. The maximum Gasteiger partial charge on any atom is 0.358 e. The molecule has 2 heterocycles. The molecule has 2 rings (SSSR count). The molecule has 116 valence electrons. The molecule has 6 heteroatoms. The first kappa shape index (κ1) is 15.9. The molecule has 0 radical (unpaired) electrons. The molecular weight excluding hydrogens is 288 g/mol. The van der Waals surface area contributed by atoms with Crippen molar-refractivity contribution in [3.05, 3.63) is 10.6 Å². The molecule has 1 atom stereocenters. The van der Waals surface area contributed by atoms with Crippen molar-refractivity contribution in [2.75, 3.05) is 18.1 Å². The number of esters is 1. The van der Waals surface area contributed by atoms with Crippen LogP contribution in [-0.4, -0.2) is 35.9 Å². The van der Waals surface area contributed by atoms with Crippen molar-refractivity contribution in [2.45, 2.75) is 52.5 Å². The number of carbonyl (C=O) groups is 2. The largest absolute Gasteiger partial charge is 0.461 e. The van der Waals surface area contributed by atoms with Crippen LogP contribution in [0.5, 0.6) is 0 Å². The summed E-state index contributed by atoms with van der Waals surface area (Å²) in [5, 5.41) is 0.773. The van der Waals surface area contributed by atoms with Gasteiger partial charge in [0.2, 0.25) is 0 Å². The number of thiazole rings is 1. The van der Waals surface area contributed by atoms with Crippen LogP contribution < -0.4 is 4.90 Å². The average Bonchev–Trinajstić information content (AvgIpc) is 2.92. The van der Waals surface area contributed by atoms with Crippen LogP contribution in [0.15, 0.2) is 0 Å². The Morgan fingerprint density at radius 1 is 1.38 bits per heavy atom. The molecule has 0 amide bonds. The van der Waals surface area contributed by atoms with Crippen molar-refractivity contribution in [1.29, 1.82) is 0 Å². The zero-order valence-electron chi connectivity index (χ0n) is 12.8. The predicted molar refractivity (Wildman–Crippen MR) is 83.4 cm³/mol. The van der Waals surface area contributed by atoms with E-state index in [4.69, 9.17) is 4.74 Å². The van der Waals surface area contributed by atoms with E-state index >= 15 is 0 Å². The molecule has 0 spiro atoms. The predicted octanol–water partition coefficient (Wildman–Crippen LogP) is 3.29. The standard InChI is InChI=1S/C15H22N2O3S/c1-4-11-8-6-7-9-17(11)15-16-12(14(19)20-5-2)13(21-15)10(3)18/h11H,4-9H2,1-3H3. The second-order valence-corrected chi connectivity index (χ2v) is 6.18. The number of ether oxygens (including phenoxy) is 1. The summed E-state index contributed by atoms with van der Waals surface area (Å²) >= 11 is 1.31. The van der Waals surface area contributed by atoms with E-state index in [0.29, 0.717) is 10.9 Å². The van der Waals surface area contributed by atoms with Gasteiger partial charge in [0.25, 0.3) is 0 Å². The Bertz CT molecular complexity index is 527. The molecular formula is C15H22N2O3S. The highest BCUT2D eigenvalue weighted by Gasteiger charge is 2.28. The van der Waals surface area contributed by atoms with Crippen molar-refractivity contribution in [3.8, 4) is 0 Å². The van der Waals surface area contributed by atoms with Crippen LogP contribution >= 0.6 is 11.3 Å². The minimum absolute atomic E-state index is 0.133. The lowest BCUT2D eigenvalue weighted by Crippen LogP contribution is -2.39. The molecule has 0 N–H and O–H groups in total. The van der Waals surface area contributed by atoms with Crippen molar-refractivity contribution in [2.24, 2.45) is 0 Å². The minimum atomic E-state index is -0.504. The van der Waals surface area contributed by atoms with Crippen LogP contribution in [0, 0.1) is 0 Å². The van der Waals surface area contributed by atoms with Gasteiger partial charge in [-0.2, -0.15) is 0 Å². The van der Waals surface area contributed by atoms with E-state index in [0.717, 1.165) is 30.9 Å². The second kappa shape index (κ2) is 7.02. The third-order valence-electron chi connectivity index (χ3n) is 3.75. The number of rotatable bonds is 5. The lowest BCUT2D eigenvalue weighted by atomic mass is 10.0. The van der Waals surface area contributed by atoms with Gasteiger partial charge in [-0.15, -0.1) is 0 Å². The van der Waals surface area contributed by atoms with E-state index in [1.807, 2.05) is 0 Å². The van der Waals surface area contributed by atoms with E-state index in [2.05, 4.69) is 16.8 Å². The van der Waals surface area contributed by atoms with Gasteiger partial charge in [0.1, 0.15) is 4.88 Å². The third kappa shape index (κ3) is 3.43. The second-order valence-electron chi connectivity index (χ2n) is 5.20. The fourth-order valence-electron chi connectivity index (χ4n) is 2.68. The number of ketones is 1. The van der Waals surface area contributed by atoms with E-state index < -0.39 is 5.97 Å². The molecule has 0 aromatic carbocycles. The van der Waals surface area contributed by atoms with E-state index in [1.165, 1.54) is 24.7 Å². The Labute approximate surface area is 129 Å². The fourth-order valence-corrected chi connectivity index (χ4v) is 3.73. The molecule has 1 aromatic heterocycles. The summed E-state index contributed by atoms with van der Waals surface area (Å²) in [6.07, 6.45) is 4.54. The van der Waals surface area contributed by atoms with Gasteiger partial charge in [0.15, 0.2) is 16.6 Å². The van der Waals surface area contributed by atoms with Crippen molar-refractivity contribution >= 4 is 28.2 Å². The molecule has 0 saturated carbocycles. The molecule has 1 saturated heterocycles. The molecule has 1 aliphatic rings. The Hall–Kier alpha value is -1.43. The Kier molecular flexibility index (Phi) is 5.33.